The highest BCUT2D eigenvalue weighted by Gasteiger charge is 2.27. The molecule has 1 saturated heterocycles. The van der Waals surface area contributed by atoms with E-state index in [0.29, 0.717) is 11.8 Å². The number of hydrogen-bond acceptors (Lipinski definition) is 2. The van der Waals surface area contributed by atoms with Gasteiger partial charge in [0.15, 0.2) is 0 Å². The van der Waals surface area contributed by atoms with Gasteiger partial charge in [0.05, 0.1) is 0 Å². The first-order valence-corrected chi connectivity index (χ1v) is 9.33. The van der Waals surface area contributed by atoms with E-state index in [2.05, 4.69) is 46.0 Å². The largest absolute Gasteiger partial charge is 0.358 e. The highest BCUT2D eigenvalue weighted by Crippen LogP contribution is 2.29. The van der Waals surface area contributed by atoms with E-state index in [9.17, 15) is 4.79 Å². The number of carbonyl (C=O) groups is 1. The van der Waals surface area contributed by atoms with Crippen molar-refractivity contribution in [1.82, 2.24) is 14.8 Å². The number of fused-ring (bicyclic) bond motifs is 3. The van der Waals surface area contributed by atoms with Crippen molar-refractivity contribution in [2.75, 3.05) is 26.2 Å². The van der Waals surface area contributed by atoms with Crippen molar-refractivity contribution in [2.24, 2.45) is 5.92 Å². The van der Waals surface area contributed by atoms with Crippen LogP contribution in [0.15, 0.2) is 24.3 Å². The molecule has 0 atom stereocenters. The number of aromatic nitrogens is 1. The molecular formula is C20H27N3O. The van der Waals surface area contributed by atoms with Gasteiger partial charge in [0, 0.05) is 48.1 Å². The lowest BCUT2D eigenvalue weighted by atomic mass is 9.92. The summed E-state index contributed by atoms with van der Waals surface area (Å²) in [5.74, 6) is 0.922. The zero-order valence-corrected chi connectivity index (χ0v) is 14.6. The molecule has 4 rings (SSSR count). The van der Waals surface area contributed by atoms with Gasteiger partial charge < -0.3 is 14.8 Å². The first kappa shape index (κ1) is 15.7. The van der Waals surface area contributed by atoms with Crippen LogP contribution in [-0.2, 0) is 17.8 Å². The molecule has 1 N–H and O–H groups in total. The normalized spacial score (nSPS) is 19.6. The Bertz CT molecular complexity index is 728. The maximum atomic E-state index is 12.8. The molecule has 0 aliphatic carbocycles. The quantitative estimate of drug-likeness (QED) is 0.941. The summed E-state index contributed by atoms with van der Waals surface area (Å²) in [4.78, 5) is 20.9. The summed E-state index contributed by atoms with van der Waals surface area (Å²) in [5.41, 5.74) is 3.84. The molecule has 24 heavy (non-hydrogen) atoms. The monoisotopic (exact) mass is 325 g/mol. The van der Waals surface area contributed by atoms with Gasteiger partial charge in [-0.2, -0.15) is 0 Å². The van der Waals surface area contributed by atoms with Crippen molar-refractivity contribution in [3.63, 3.8) is 0 Å². The first-order chi connectivity index (χ1) is 11.7. The Hall–Kier alpha value is -1.81. The minimum Gasteiger partial charge on any atom is -0.358 e. The number of piperidine rings is 1. The Morgan fingerprint density at radius 2 is 2.00 bits per heavy atom. The van der Waals surface area contributed by atoms with E-state index in [1.807, 2.05) is 0 Å². The van der Waals surface area contributed by atoms with Crippen LogP contribution < -0.4 is 0 Å². The minimum atomic E-state index is 0.348. The van der Waals surface area contributed by atoms with Crippen LogP contribution in [0.4, 0.5) is 0 Å². The molecule has 0 unspecified atom stereocenters. The van der Waals surface area contributed by atoms with Crippen molar-refractivity contribution in [2.45, 2.75) is 39.2 Å². The van der Waals surface area contributed by atoms with Crippen LogP contribution in [0.3, 0.4) is 0 Å². The van der Waals surface area contributed by atoms with Gasteiger partial charge in [0.2, 0.25) is 5.91 Å². The van der Waals surface area contributed by atoms with E-state index >= 15 is 0 Å². The van der Waals surface area contributed by atoms with Crippen LogP contribution in [0.25, 0.3) is 10.9 Å². The number of aromatic amines is 1. The smallest absolute Gasteiger partial charge is 0.223 e. The lowest BCUT2D eigenvalue weighted by Gasteiger charge is -2.33. The molecule has 1 fully saturated rings. The number of H-pyrrole nitrogens is 1. The Balaban J connectivity index is 1.42. The third-order valence-electron chi connectivity index (χ3n) is 5.85. The number of hydrogen-bond donors (Lipinski definition) is 1. The zero-order valence-electron chi connectivity index (χ0n) is 14.6. The number of carbonyl (C=O) groups excluding carboxylic acids is 1. The molecule has 1 aromatic heterocycles. The van der Waals surface area contributed by atoms with E-state index in [1.54, 1.807) is 0 Å². The molecule has 1 aromatic carbocycles. The molecule has 4 nitrogen and oxygen atoms in total. The zero-order chi connectivity index (χ0) is 16.5. The number of para-hydroxylation sites is 1. The lowest BCUT2D eigenvalue weighted by molar-refractivity contribution is -0.133. The van der Waals surface area contributed by atoms with Crippen molar-refractivity contribution in [3.8, 4) is 0 Å². The van der Waals surface area contributed by atoms with Gasteiger partial charge in [0.25, 0.3) is 0 Å². The van der Waals surface area contributed by atoms with Crippen molar-refractivity contribution >= 4 is 16.8 Å². The fraction of sp³-hybridized carbons (Fsp3) is 0.550. The number of nitrogens with one attached hydrogen (secondary N) is 1. The number of nitrogens with zero attached hydrogens (tertiary/aromatic N) is 2. The highest BCUT2D eigenvalue weighted by molar-refractivity contribution is 5.86. The van der Waals surface area contributed by atoms with E-state index in [0.717, 1.165) is 45.6 Å². The van der Waals surface area contributed by atoms with Gasteiger partial charge in [-0.15, -0.1) is 0 Å². The lowest BCUT2D eigenvalue weighted by Crippen LogP contribution is -2.39. The minimum absolute atomic E-state index is 0.348. The molecule has 1 amide bonds. The Kier molecular flexibility index (Phi) is 4.31. The molecule has 0 radical (unpaired) electrons. The fourth-order valence-corrected chi connectivity index (χ4v) is 4.26. The van der Waals surface area contributed by atoms with Crippen molar-refractivity contribution in [3.05, 3.63) is 35.5 Å². The van der Waals surface area contributed by atoms with Crippen LogP contribution in [0, 0.1) is 5.92 Å². The molecule has 2 aliphatic rings. The van der Waals surface area contributed by atoms with E-state index < -0.39 is 0 Å². The van der Waals surface area contributed by atoms with E-state index in [-0.39, 0.29) is 0 Å². The van der Waals surface area contributed by atoms with Crippen LogP contribution in [0.5, 0.6) is 0 Å². The molecule has 0 bridgehead atoms. The van der Waals surface area contributed by atoms with Crippen LogP contribution in [0.1, 0.15) is 37.4 Å². The fourth-order valence-electron chi connectivity index (χ4n) is 4.26. The summed E-state index contributed by atoms with van der Waals surface area (Å²) in [6.45, 7) is 7.29. The average molecular weight is 325 g/mol. The molecule has 3 heterocycles. The van der Waals surface area contributed by atoms with Crippen molar-refractivity contribution < 1.29 is 4.79 Å². The first-order valence-electron chi connectivity index (χ1n) is 9.33. The van der Waals surface area contributed by atoms with Gasteiger partial charge in [-0.3, -0.25) is 4.79 Å². The topological polar surface area (TPSA) is 39.3 Å². The Labute approximate surface area is 143 Å². The maximum absolute atomic E-state index is 12.8. The van der Waals surface area contributed by atoms with Gasteiger partial charge in [-0.25, -0.2) is 0 Å². The molecule has 4 heteroatoms. The van der Waals surface area contributed by atoms with Gasteiger partial charge in [0.1, 0.15) is 0 Å². The maximum Gasteiger partial charge on any atom is 0.223 e. The summed E-state index contributed by atoms with van der Waals surface area (Å²) < 4.78 is 0. The molecule has 0 saturated carbocycles. The van der Waals surface area contributed by atoms with Gasteiger partial charge in [-0.1, -0.05) is 25.1 Å². The summed E-state index contributed by atoms with van der Waals surface area (Å²) in [7, 11) is 0. The van der Waals surface area contributed by atoms with Crippen molar-refractivity contribution in [1.29, 1.82) is 0 Å². The van der Waals surface area contributed by atoms with Gasteiger partial charge >= 0.3 is 0 Å². The summed E-state index contributed by atoms with van der Waals surface area (Å²) in [6.07, 6.45) is 4.02. The predicted molar refractivity (Wildman–Crippen MR) is 96.9 cm³/mol. The second-order valence-corrected chi connectivity index (χ2v) is 7.27. The third-order valence-corrected chi connectivity index (χ3v) is 5.85. The predicted octanol–water partition coefficient (Wildman–Crippen LogP) is 3.17. The Morgan fingerprint density at radius 3 is 2.79 bits per heavy atom. The molecule has 2 aromatic rings. The van der Waals surface area contributed by atoms with Crippen LogP contribution >= 0.6 is 0 Å². The summed E-state index contributed by atoms with van der Waals surface area (Å²) in [5, 5.41) is 1.28. The van der Waals surface area contributed by atoms with Crippen LogP contribution in [-0.4, -0.2) is 46.9 Å². The molecular weight excluding hydrogens is 298 g/mol. The SMILES string of the molecule is CCN1CCC(CC(=O)N2CCc3[nH]c4ccccc4c3C2)CC1. The number of rotatable bonds is 3. The second-order valence-electron chi connectivity index (χ2n) is 7.27. The standard InChI is InChI=1S/C20H27N3O/c1-2-22-10-7-15(8-11-22)13-20(24)23-12-9-19-17(14-23)16-5-3-4-6-18(16)21-19/h3-6,15,21H,2,7-14H2,1H3. The average Bonchev–Trinajstić information content (AvgIpc) is 3.00. The van der Waals surface area contributed by atoms with E-state index in [1.165, 1.54) is 35.0 Å². The number of likely N-dealkylation sites (tertiary alicyclic amines) is 1. The Morgan fingerprint density at radius 1 is 1.21 bits per heavy atom. The van der Waals surface area contributed by atoms with Gasteiger partial charge in [-0.05, 0) is 44.5 Å². The highest BCUT2D eigenvalue weighted by atomic mass is 16.2. The van der Waals surface area contributed by atoms with Crippen LogP contribution in [0.2, 0.25) is 0 Å². The number of benzene rings is 1. The van der Waals surface area contributed by atoms with E-state index in [4.69, 9.17) is 0 Å². The molecule has 128 valence electrons. The summed E-state index contributed by atoms with van der Waals surface area (Å²) >= 11 is 0. The molecule has 0 spiro atoms. The third kappa shape index (κ3) is 2.95. The number of amides is 1. The summed E-state index contributed by atoms with van der Waals surface area (Å²) in [6, 6.07) is 8.44. The second kappa shape index (κ2) is 6.60. The molecule has 2 aliphatic heterocycles.